The van der Waals surface area contributed by atoms with Gasteiger partial charge in [0.1, 0.15) is 0 Å². The van der Waals surface area contributed by atoms with E-state index in [-0.39, 0.29) is 6.29 Å². The van der Waals surface area contributed by atoms with Crippen molar-refractivity contribution in [3.05, 3.63) is 53.1 Å². The minimum Gasteiger partial charge on any atom is -0.373 e. The summed E-state index contributed by atoms with van der Waals surface area (Å²) in [5.41, 5.74) is 3.45. The predicted molar refractivity (Wildman–Crippen MR) is 69.0 cm³/mol. The van der Waals surface area contributed by atoms with E-state index in [9.17, 15) is 0 Å². The van der Waals surface area contributed by atoms with Gasteiger partial charge in [-0.25, -0.2) is 0 Å². The number of benzene rings is 1. The Labute approximate surface area is 107 Å². The second-order valence-corrected chi connectivity index (χ2v) is 4.33. The number of hydrogen-bond acceptors (Lipinski definition) is 3. The van der Waals surface area contributed by atoms with Crippen LogP contribution in [0.3, 0.4) is 0 Å². The Morgan fingerprint density at radius 3 is 2.67 bits per heavy atom. The van der Waals surface area contributed by atoms with Gasteiger partial charge in [0.25, 0.3) is 0 Å². The van der Waals surface area contributed by atoms with Gasteiger partial charge in [-0.2, -0.15) is 0 Å². The molecule has 18 heavy (non-hydrogen) atoms. The third-order valence-electron chi connectivity index (χ3n) is 3.08. The first-order valence-corrected chi connectivity index (χ1v) is 6.20. The minimum atomic E-state index is -0.223. The Morgan fingerprint density at radius 2 is 1.89 bits per heavy atom. The molecule has 2 aliphatic heterocycles. The maximum absolute atomic E-state index is 5.56. The summed E-state index contributed by atoms with van der Waals surface area (Å²) in [7, 11) is 0. The van der Waals surface area contributed by atoms with Crippen molar-refractivity contribution >= 4 is 6.08 Å². The van der Waals surface area contributed by atoms with Crippen LogP contribution in [0.1, 0.15) is 17.4 Å². The molecule has 1 aromatic rings. The van der Waals surface area contributed by atoms with Gasteiger partial charge in [0.15, 0.2) is 6.29 Å². The Morgan fingerprint density at radius 1 is 1.06 bits per heavy atom. The molecule has 0 aliphatic carbocycles. The second kappa shape index (κ2) is 5.48. The molecule has 2 heterocycles. The number of rotatable bonds is 3. The Kier molecular flexibility index (Phi) is 3.55. The highest BCUT2D eigenvalue weighted by molar-refractivity contribution is 5.57. The maximum Gasteiger partial charge on any atom is 0.184 e. The Bertz CT molecular complexity index is 470. The first-order chi connectivity index (χ1) is 8.93. The molecule has 1 saturated heterocycles. The van der Waals surface area contributed by atoms with Crippen LogP contribution in [-0.2, 0) is 14.2 Å². The molecule has 94 valence electrons. The molecule has 3 heteroatoms. The van der Waals surface area contributed by atoms with Gasteiger partial charge in [0.05, 0.1) is 26.4 Å². The van der Waals surface area contributed by atoms with E-state index in [1.807, 2.05) is 12.1 Å². The topological polar surface area (TPSA) is 27.7 Å². The molecule has 0 bridgehead atoms. The molecule has 1 fully saturated rings. The summed E-state index contributed by atoms with van der Waals surface area (Å²) in [4.78, 5) is 0. The van der Waals surface area contributed by atoms with Crippen LogP contribution in [0.15, 0.2) is 42.0 Å². The summed E-state index contributed by atoms with van der Waals surface area (Å²) < 4.78 is 16.4. The maximum atomic E-state index is 5.56. The highest BCUT2D eigenvalue weighted by Gasteiger charge is 2.19. The molecule has 0 radical (unpaired) electrons. The van der Waals surface area contributed by atoms with E-state index in [0.29, 0.717) is 19.8 Å². The van der Waals surface area contributed by atoms with E-state index in [2.05, 4.69) is 30.4 Å². The zero-order valence-electron chi connectivity index (χ0n) is 10.2. The molecular weight excluding hydrogens is 228 g/mol. The van der Waals surface area contributed by atoms with Gasteiger partial charge in [-0.1, -0.05) is 42.5 Å². The van der Waals surface area contributed by atoms with Crippen molar-refractivity contribution in [2.24, 2.45) is 0 Å². The summed E-state index contributed by atoms with van der Waals surface area (Å²) in [5.74, 6) is 0. The Hall–Kier alpha value is -1.42. The van der Waals surface area contributed by atoms with Gasteiger partial charge in [-0.15, -0.1) is 0 Å². The highest BCUT2D eigenvalue weighted by Crippen LogP contribution is 2.27. The molecule has 3 nitrogen and oxygen atoms in total. The van der Waals surface area contributed by atoms with Crippen LogP contribution in [0.4, 0.5) is 0 Å². The van der Waals surface area contributed by atoms with E-state index in [0.717, 1.165) is 17.7 Å². The average Bonchev–Trinajstić information content (AvgIpc) is 3.10. The average molecular weight is 244 g/mol. The van der Waals surface area contributed by atoms with Crippen molar-refractivity contribution in [3.63, 3.8) is 0 Å². The molecule has 0 amide bonds. The van der Waals surface area contributed by atoms with E-state index in [1.54, 1.807) is 0 Å². The van der Waals surface area contributed by atoms with Gasteiger partial charge in [-0.3, -0.25) is 0 Å². The lowest BCUT2D eigenvalue weighted by Crippen LogP contribution is -2.00. The molecule has 0 N–H and O–H groups in total. The second-order valence-electron chi connectivity index (χ2n) is 4.33. The van der Waals surface area contributed by atoms with Crippen LogP contribution < -0.4 is 0 Å². The first kappa shape index (κ1) is 11.7. The van der Waals surface area contributed by atoms with E-state index in [4.69, 9.17) is 14.2 Å². The Balaban J connectivity index is 1.82. The standard InChI is InChI=1S/C15H16O3/c1-2-4-14(15-17-9-10-18-15)13(3-1)6-5-12-7-8-16-11-12/h1-7,15H,8-11H2/b6-5+. The molecular formula is C15H16O3. The SMILES string of the molecule is C1=C(/C=C/c2ccccc2C2OCCO2)COC1. The largest absolute Gasteiger partial charge is 0.373 e. The predicted octanol–water partition coefficient (Wildman–Crippen LogP) is 2.70. The van der Waals surface area contributed by atoms with Gasteiger partial charge in [0.2, 0.25) is 0 Å². The first-order valence-electron chi connectivity index (χ1n) is 6.20. The van der Waals surface area contributed by atoms with Crippen molar-refractivity contribution in [1.82, 2.24) is 0 Å². The van der Waals surface area contributed by atoms with Crippen LogP contribution in [0, 0.1) is 0 Å². The molecule has 0 unspecified atom stereocenters. The normalized spacial score (nSPS) is 20.8. The van der Waals surface area contributed by atoms with Crippen LogP contribution in [0.25, 0.3) is 6.08 Å². The highest BCUT2D eigenvalue weighted by atomic mass is 16.7. The zero-order chi connectivity index (χ0) is 12.2. The summed E-state index contributed by atoms with van der Waals surface area (Å²) in [6.45, 7) is 2.76. The summed E-state index contributed by atoms with van der Waals surface area (Å²) in [5, 5.41) is 0. The van der Waals surface area contributed by atoms with Crippen LogP contribution in [0.2, 0.25) is 0 Å². The monoisotopic (exact) mass is 244 g/mol. The molecule has 0 spiro atoms. The van der Waals surface area contributed by atoms with Crippen LogP contribution in [-0.4, -0.2) is 26.4 Å². The van der Waals surface area contributed by atoms with Gasteiger partial charge in [-0.05, 0) is 11.1 Å². The summed E-state index contributed by atoms with van der Waals surface area (Å²) in [6.07, 6.45) is 6.07. The third-order valence-corrected chi connectivity index (χ3v) is 3.08. The van der Waals surface area contributed by atoms with Crippen LogP contribution >= 0.6 is 0 Å². The van der Waals surface area contributed by atoms with Gasteiger partial charge >= 0.3 is 0 Å². The third kappa shape index (κ3) is 2.53. The fourth-order valence-electron chi connectivity index (χ4n) is 2.13. The number of hydrogen-bond donors (Lipinski definition) is 0. The van der Waals surface area contributed by atoms with Crippen molar-refractivity contribution in [2.75, 3.05) is 26.4 Å². The quantitative estimate of drug-likeness (QED) is 0.818. The van der Waals surface area contributed by atoms with E-state index >= 15 is 0 Å². The van der Waals surface area contributed by atoms with Gasteiger partial charge in [0, 0.05) is 5.56 Å². The fourth-order valence-corrected chi connectivity index (χ4v) is 2.13. The lowest BCUT2D eigenvalue weighted by Gasteiger charge is -2.12. The van der Waals surface area contributed by atoms with Crippen molar-refractivity contribution < 1.29 is 14.2 Å². The number of ether oxygens (including phenoxy) is 3. The van der Waals surface area contributed by atoms with Crippen molar-refractivity contribution in [3.8, 4) is 0 Å². The van der Waals surface area contributed by atoms with Crippen molar-refractivity contribution in [2.45, 2.75) is 6.29 Å². The zero-order valence-corrected chi connectivity index (χ0v) is 10.2. The summed E-state index contributed by atoms with van der Waals surface area (Å²) >= 11 is 0. The fraction of sp³-hybridized carbons (Fsp3) is 0.333. The molecule has 0 saturated carbocycles. The van der Waals surface area contributed by atoms with Gasteiger partial charge < -0.3 is 14.2 Å². The minimum absolute atomic E-state index is 0.223. The lowest BCUT2D eigenvalue weighted by molar-refractivity contribution is -0.0442. The smallest absolute Gasteiger partial charge is 0.184 e. The molecule has 0 aromatic heterocycles. The lowest BCUT2D eigenvalue weighted by atomic mass is 10.1. The van der Waals surface area contributed by atoms with Crippen LogP contribution in [0.5, 0.6) is 0 Å². The molecule has 3 rings (SSSR count). The molecule has 1 aromatic carbocycles. The summed E-state index contributed by atoms with van der Waals surface area (Å²) in [6, 6.07) is 8.16. The molecule has 2 aliphatic rings. The molecule has 0 atom stereocenters. The van der Waals surface area contributed by atoms with Crippen molar-refractivity contribution in [1.29, 1.82) is 0 Å². The van der Waals surface area contributed by atoms with E-state index in [1.165, 1.54) is 5.57 Å². The van der Waals surface area contributed by atoms with E-state index < -0.39 is 0 Å².